The Morgan fingerprint density at radius 2 is 2.00 bits per heavy atom. The lowest BCUT2D eigenvalue weighted by molar-refractivity contribution is -0.139. The molecule has 0 bridgehead atoms. The molecule has 1 unspecified atom stereocenters. The number of carbonyl (C=O) groups is 1. The number of methoxy groups -OCH3 is 1. The van der Waals surface area contributed by atoms with Gasteiger partial charge in [-0.05, 0) is 26.7 Å². The van der Waals surface area contributed by atoms with Gasteiger partial charge in [-0.15, -0.1) is 6.58 Å². The molecule has 0 spiro atoms. The maximum Gasteiger partial charge on any atom is 0.164 e. The molecule has 0 aromatic rings. The largest absolute Gasteiger partial charge is 0.371 e. The van der Waals surface area contributed by atoms with Gasteiger partial charge in [-0.25, -0.2) is 0 Å². The van der Waals surface area contributed by atoms with Gasteiger partial charge in [-0.3, -0.25) is 4.79 Å². The minimum Gasteiger partial charge on any atom is -0.371 e. The van der Waals surface area contributed by atoms with Gasteiger partial charge in [0.15, 0.2) is 5.78 Å². The van der Waals surface area contributed by atoms with E-state index >= 15 is 0 Å². The highest BCUT2D eigenvalue weighted by Crippen LogP contribution is 2.19. The summed E-state index contributed by atoms with van der Waals surface area (Å²) in [6, 6.07) is 0. The molecule has 76 valence electrons. The van der Waals surface area contributed by atoms with Crippen molar-refractivity contribution in [3.8, 4) is 0 Å². The van der Waals surface area contributed by atoms with Crippen molar-refractivity contribution in [1.82, 2.24) is 0 Å². The predicted octanol–water partition coefficient (Wildman–Crippen LogP) is 2.73. The zero-order chi connectivity index (χ0) is 10.5. The number of rotatable bonds is 6. The van der Waals surface area contributed by atoms with Gasteiger partial charge in [-0.1, -0.05) is 12.5 Å². The summed E-state index contributed by atoms with van der Waals surface area (Å²) in [6.45, 7) is 9.50. The fraction of sp³-hybridized carbons (Fsp3) is 0.727. The summed E-state index contributed by atoms with van der Waals surface area (Å²) in [5, 5.41) is 0. The van der Waals surface area contributed by atoms with E-state index in [0.29, 0.717) is 6.42 Å². The number of hydrogen-bond acceptors (Lipinski definition) is 2. The van der Waals surface area contributed by atoms with Crippen LogP contribution in [0.15, 0.2) is 12.2 Å². The molecule has 13 heavy (non-hydrogen) atoms. The van der Waals surface area contributed by atoms with E-state index in [1.165, 1.54) is 0 Å². The fourth-order valence-corrected chi connectivity index (χ4v) is 1.05. The fourth-order valence-electron chi connectivity index (χ4n) is 1.05. The van der Waals surface area contributed by atoms with Crippen LogP contribution in [0.5, 0.6) is 0 Å². The standard InChI is InChI=1S/C11H20O2/c1-6-11(4,13-5)10(12)8-7-9(2)3/h2,6-8H2,1,3-5H3. The molecule has 0 aromatic carbocycles. The summed E-state index contributed by atoms with van der Waals surface area (Å²) < 4.78 is 5.20. The highest BCUT2D eigenvalue weighted by molar-refractivity contribution is 5.87. The van der Waals surface area contributed by atoms with Crippen molar-refractivity contribution in [2.45, 2.75) is 45.6 Å². The van der Waals surface area contributed by atoms with E-state index in [9.17, 15) is 4.79 Å². The van der Waals surface area contributed by atoms with Crippen molar-refractivity contribution in [1.29, 1.82) is 0 Å². The molecule has 1 atom stereocenters. The van der Waals surface area contributed by atoms with Crippen LogP contribution >= 0.6 is 0 Å². The molecule has 0 aromatic heterocycles. The van der Waals surface area contributed by atoms with Crippen LogP contribution in [0.2, 0.25) is 0 Å². The molecular weight excluding hydrogens is 164 g/mol. The number of ether oxygens (including phenoxy) is 1. The van der Waals surface area contributed by atoms with E-state index in [1.807, 2.05) is 20.8 Å². The molecule has 0 aliphatic heterocycles. The Morgan fingerprint density at radius 3 is 2.31 bits per heavy atom. The minimum atomic E-state index is -0.602. The topological polar surface area (TPSA) is 26.3 Å². The van der Waals surface area contributed by atoms with Crippen molar-refractivity contribution in [3.63, 3.8) is 0 Å². The molecule has 0 amide bonds. The average Bonchev–Trinajstić information content (AvgIpc) is 2.12. The van der Waals surface area contributed by atoms with Gasteiger partial charge in [0.1, 0.15) is 5.60 Å². The third-order valence-electron chi connectivity index (χ3n) is 2.49. The zero-order valence-electron chi connectivity index (χ0n) is 9.14. The number of allylic oxidation sites excluding steroid dienone is 1. The molecule has 0 saturated heterocycles. The molecule has 0 radical (unpaired) electrons. The van der Waals surface area contributed by atoms with Crippen molar-refractivity contribution in [2.75, 3.05) is 7.11 Å². The van der Waals surface area contributed by atoms with Crippen LogP contribution in [0.3, 0.4) is 0 Å². The molecule has 0 fully saturated rings. The van der Waals surface area contributed by atoms with Crippen LogP contribution in [-0.2, 0) is 9.53 Å². The Bertz CT molecular complexity index is 190. The maximum absolute atomic E-state index is 11.7. The van der Waals surface area contributed by atoms with Crippen LogP contribution in [0, 0.1) is 0 Å². The van der Waals surface area contributed by atoms with Gasteiger partial charge in [0.25, 0.3) is 0 Å². The van der Waals surface area contributed by atoms with Gasteiger partial charge < -0.3 is 4.74 Å². The summed E-state index contributed by atoms with van der Waals surface area (Å²) in [6.07, 6.45) is 2.02. The Balaban J connectivity index is 4.15. The smallest absolute Gasteiger partial charge is 0.164 e. The first kappa shape index (κ1) is 12.4. The summed E-state index contributed by atoms with van der Waals surface area (Å²) in [4.78, 5) is 11.7. The van der Waals surface area contributed by atoms with Gasteiger partial charge in [-0.2, -0.15) is 0 Å². The minimum absolute atomic E-state index is 0.167. The van der Waals surface area contributed by atoms with Gasteiger partial charge in [0.05, 0.1) is 0 Å². The Morgan fingerprint density at radius 1 is 1.46 bits per heavy atom. The van der Waals surface area contributed by atoms with Crippen LogP contribution < -0.4 is 0 Å². The normalized spacial score (nSPS) is 15.1. The Labute approximate surface area is 81.0 Å². The highest BCUT2D eigenvalue weighted by Gasteiger charge is 2.29. The van der Waals surface area contributed by atoms with Gasteiger partial charge in [0.2, 0.25) is 0 Å². The van der Waals surface area contributed by atoms with Gasteiger partial charge in [0, 0.05) is 13.5 Å². The summed E-state index contributed by atoms with van der Waals surface area (Å²) in [5.74, 6) is 0.167. The number of Topliss-reactive ketones (excluding diaryl/α,β-unsaturated/α-hetero) is 1. The quantitative estimate of drug-likeness (QED) is 0.593. The summed E-state index contributed by atoms with van der Waals surface area (Å²) in [7, 11) is 1.59. The Hall–Kier alpha value is -0.630. The first-order chi connectivity index (χ1) is 5.96. The molecule has 2 heteroatoms. The highest BCUT2D eigenvalue weighted by atomic mass is 16.5. The second-order valence-electron chi connectivity index (χ2n) is 3.67. The second kappa shape index (κ2) is 5.18. The molecule has 2 nitrogen and oxygen atoms in total. The van der Waals surface area contributed by atoms with Crippen LogP contribution in [0.4, 0.5) is 0 Å². The molecule has 0 N–H and O–H groups in total. The maximum atomic E-state index is 11.7. The van der Waals surface area contributed by atoms with Crippen LogP contribution in [0.1, 0.15) is 40.0 Å². The first-order valence-corrected chi connectivity index (χ1v) is 4.69. The molecular formula is C11H20O2. The van der Waals surface area contributed by atoms with E-state index in [0.717, 1.165) is 18.4 Å². The zero-order valence-corrected chi connectivity index (χ0v) is 9.14. The lowest BCUT2D eigenvalue weighted by Gasteiger charge is -2.24. The van der Waals surface area contributed by atoms with Crippen molar-refractivity contribution in [3.05, 3.63) is 12.2 Å². The van der Waals surface area contributed by atoms with Crippen LogP contribution in [0.25, 0.3) is 0 Å². The number of hydrogen-bond donors (Lipinski definition) is 0. The second-order valence-corrected chi connectivity index (χ2v) is 3.67. The van der Waals surface area contributed by atoms with Gasteiger partial charge >= 0.3 is 0 Å². The lowest BCUT2D eigenvalue weighted by Crippen LogP contribution is -2.36. The summed E-state index contributed by atoms with van der Waals surface area (Å²) in [5.41, 5.74) is 0.443. The Kier molecular flexibility index (Phi) is 4.92. The van der Waals surface area contributed by atoms with Crippen molar-refractivity contribution >= 4 is 5.78 Å². The first-order valence-electron chi connectivity index (χ1n) is 4.69. The molecule has 0 rings (SSSR count). The lowest BCUT2D eigenvalue weighted by atomic mass is 9.93. The van der Waals surface area contributed by atoms with E-state index in [2.05, 4.69) is 6.58 Å². The third kappa shape index (κ3) is 3.73. The van der Waals surface area contributed by atoms with E-state index < -0.39 is 5.60 Å². The average molecular weight is 184 g/mol. The number of ketones is 1. The molecule has 0 saturated carbocycles. The van der Waals surface area contributed by atoms with Crippen LogP contribution in [-0.4, -0.2) is 18.5 Å². The summed E-state index contributed by atoms with van der Waals surface area (Å²) >= 11 is 0. The van der Waals surface area contributed by atoms with Crippen molar-refractivity contribution in [2.24, 2.45) is 0 Å². The molecule has 0 aliphatic rings. The van der Waals surface area contributed by atoms with E-state index in [-0.39, 0.29) is 5.78 Å². The molecule has 0 aliphatic carbocycles. The SMILES string of the molecule is C=C(C)CCC(=O)C(C)(CC)OC. The molecule has 0 heterocycles. The van der Waals surface area contributed by atoms with E-state index in [4.69, 9.17) is 4.74 Å². The van der Waals surface area contributed by atoms with Crippen molar-refractivity contribution < 1.29 is 9.53 Å². The third-order valence-corrected chi connectivity index (χ3v) is 2.49. The number of carbonyl (C=O) groups excluding carboxylic acids is 1. The van der Waals surface area contributed by atoms with E-state index in [1.54, 1.807) is 7.11 Å². The monoisotopic (exact) mass is 184 g/mol. The predicted molar refractivity (Wildman–Crippen MR) is 54.8 cm³/mol.